The summed E-state index contributed by atoms with van der Waals surface area (Å²) in [6.07, 6.45) is 6.65. The molecule has 1 amide bonds. The number of carbonyl (C=O) groups is 1. The number of aryl methyl sites for hydroxylation is 1. The third-order valence-electron chi connectivity index (χ3n) is 4.22. The van der Waals surface area contributed by atoms with Crippen LogP contribution in [0.15, 0.2) is 55.0 Å². The van der Waals surface area contributed by atoms with Gasteiger partial charge in [-0.1, -0.05) is 12.1 Å². The van der Waals surface area contributed by atoms with Crippen LogP contribution >= 0.6 is 0 Å². The van der Waals surface area contributed by atoms with Gasteiger partial charge in [-0.3, -0.25) is 9.78 Å². The number of aromatic nitrogens is 3. The number of hydrogen-bond acceptors (Lipinski definition) is 4. The predicted molar refractivity (Wildman–Crippen MR) is 95.1 cm³/mol. The molecule has 0 saturated carbocycles. The lowest BCUT2D eigenvalue weighted by atomic mass is 10.1. The molecule has 0 aliphatic heterocycles. The molecule has 0 spiro atoms. The number of rotatable bonds is 7. The van der Waals surface area contributed by atoms with E-state index in [2.05, 4.69) is 9.97 Å². The Morgan fingerprint density at radius 3 is 2.84 bits per heavy atom. The number of nitrogens with zero attached hydrogens (tertiary/aromatic N) is 4. The van der Waals surface area contributed by atoms with Gasteiger partial charge in [-0.05, 0) is 30.7 Å². The molecule has 6 nitrogen and oxygen atoms in total. The first-order valence-electron chi connectivity index (χ1n) is 8.27. The average molecular weight is 338 g/mol. The molecule has 0 aliphatic carbocycles. The van der Waals surface area contributed by atoms with Crippen molar-refractivity contribution in [2.45, 2.75) is 18.9 Å². The summed E-state index contributed by atoms with van der Waals surface area (Å²) in [5.74, 6) is 0.0461. The van der Waals surface area contributed by atoms with E-state index in [9.17, 15) is 4.79 Å². The fourth-order valence-electron chi connectivity index (χ4n) is 2.82. The van der Waals surface area contributed by atoms with E-state index < -0.39 is 0 Å². The highest BCUT2D eigenvalue weighted by atomic mass is 16.5. The van der Waals surface area contributed by atoms with Gasteiger partial charge in [-0.25, -0.2) is 4.98 Å². The molecule has 1 atom stereocenters. The maximum Gasteiger partial charge on any atom is 0.223 e. The predicted octanol–water partition coefficient (Wildman–Crippen LogP) is 2.51. The van der Waals surface area contributed by atoms with Gasteiger partial charge < -0.3 is 14.0 Å². The number of methoxy groups -OCH3 is 1. The third kappa shape index (κ3) is 4.03. The molecule has 3 aromatic heterocycles. The van der Waals surface area contributed by atoms with Crippen LogP contribution in [0.2, 0.25) is 0 Å². The molecule has 0 bridgehead atoms. The van der Waals surface area contributed by atoms with Crippen LogP contribution in [-0.4, -0.2) is 45.9 Å². The molecule has 1 unspecified atom stereocenters. The summed E-state index contributed by atoms with van der Waals surface area (Å²) in [5.41, 5.74) is 2.63. The van der Waals surface area contributed by atoms with Gasteiger partial charge in [0.15, 0.2) is 0 Å². The van der Waals surface area contributed by atoms with Gasteiger partial charge in [-0.15, -0.1) is 0 Å². The van der Waals surface area contributed by atoms with Crippen LogP contribution in [-0.2, 0) is 16.0 Å². The van der Waals surface area contributed by atoms with Crippen molar-refractivity contribution in [3.05, 3.63) is 66.4 Å². The number of imidazole rings is 1. The number of fused-ring (bicyclic) bond motifs is 1. The van der Waals surface area contributed by atoms with Crippen molar-refractivity contribution >= 4 is 11.6 Å². The van der Waals surface area contributed by atoms with Gasteiger partial charge in [-0.2, -0.15) is 0 Å². The Morgan fingerprint density at radius 2 is 2.12 bits per heavy atom. The van der Waals surface area contributed by atoms with Crippen LogP contribution < -0.4 is 0 Å². The van der Waals surface area contributed by atoms with E-state index in [0.29, 0.717) is 19.4 Å². The fraction of sp³-hybridized carbons (Fsp3) is 0.316. The first-order valence-corrected chi connectivity index (χ1v) is 8.27. The van der Waals surface area contributed by atoms with Crippen LogP contribution in [0.4, 0.5) is 0 Å². The van der Waals surface area contributed by atoms with E-state index in [-0.39, 0.29) is 11.9 Å². The SMILES string of the molecule is COCC(c1ccccn1)N(C)C(=O)CCc1cn2ccccc2n1. The summed E-state index contributed by atoms with van der Waals surface area (Å²) < 4.78 is 7.25. The number of amides is 1. The second kappa shape index (κ2) is 7.90. The highest BCUT2D eigenvalue weighted by molar-refractivity contribution is 5.76. The summed E-state index contributed by atoms with van der Waals surface area (Å²) in [6.45, 7) is 0.410. The average Bonchev–Trinajstić information content (AvgIpc) is 3.07. The summed E-state index contributed by atoms with van der Waals surface area (Å²) in [4.78, 5) is 23.2. The third-order valence-corrected chi connectivity index (χ3v) is 4.22. The van der Waals surface area contributed by atoms with Gasteiger partial charge in [0.25, 0.3) is 0 Å². The zero-order valence-corrected chi connectivity index (χ0v) is 14.5. The normalized spacial score (nSPS) is 12.2. The van der Waals surface area contributed by atoms with E-state index in [4.69, 9.17) is 4.74 Å². The maximum atomic E-state index is 12.6. The fourth-order valence-corrected chi connectivity index (χ4v) is 2.82. The van der Waals surface area contributed by atoms with E-state index in [0.717, 1.165) is 17.0 Å². The molecule has 0 N–H and O–H groups in total. The van der Waals surface area contributed by atoms with Crippen molar-refractivity contribution < 1.29 is 9.53 Å². The van der Waals surface area contributed by atoms with E-state index in [1.165, 1.54) is 0 Å². The molecule has 130 valence electrons. The molecular formula is C19H22N4O2. The van der Waals surface area contributed by atoms with Crippen molar-refractivity contribution in [2.75, 3.05) is 20.8 Å². The molecule has 3 aromatic rings. The van der Waals surface area contributed by atoms with Gasteiger partial charge >= 0.3 is 0 Å². The summed E-state index contributed by atoms with van der Waals surface area (Å²) in [6, 6.07) is 11.4. The summed E-state index contributed by atoms with van der Waals surface area (Å²) in [7, 11) is 3.43. The lowest BCUT2D eigenvalue weighted by Gasteiger charge is -2.27. The van der Waals surface area contributed by atoms with Crippen LogP contribution in [0.3, 0.4) is 0 Å². The summed E-state index contributed by atoms with van der Waals surface area (Å²) >= 11 is 0. The lowest BCUT2D eigenvalue weighted by Crippen LogP contribution is -2.34. The number of pyridine rings is 2. The molecule has 25 heavy (non-hydrogen) atoms. The van der Waals surface area contributed by atoms with Crippen LogP contribution in [0.5, 0.6) is 0 Å². The highest BCUT2D eigenvalue weighted by Gasteiger charge is 2.22. The van der Waals surface area contributed by atoms with Crippen LogP contribution in [0.1, 0.15) is 23.9 Å². The second-order valence-corrected chi connectivity index (χ2v) is 5.93. The van der Waals surface area contributed by atoms with Crippen molar-refractivity contribution in [2.24, 2.45) is 0 Å². The van der Waals surface area contributed by atoms with Crippen molar-refractivity contribution in [1.82, 2.24) is 19.3 Å². The second-order valence-electron chi connectivity index (χ2n) is 5.93. The Kier molecular flexibility index (Phi) is 5.40. The first-order chi connectivity index (χ1) is 12.2. The minimum atomic E-state index is -0.195. The van der Waals surface area contributed by atoms with Gasteiger partial charge in [0.2, 0.25) is 5.91 Å². The Balaban J connectivity index is 1.66. The quantitative estimate of drug-likeness (QED) is 0.664. The zero-order valence-electron chi connectivity index (χ0n) is 14.5. The smallest absolute Gasteiger partial charge is 0.223 e. The number of ether oxygens (including phenoxy) is 1. The van der Waals surface area contributed by atoms with Crippen molar-refractivity contribution in [3.63, 3.8) is 0 Å². The zero-order chi connectivity index (χ0) is 17.6. The van der Waals surface area contributed by atoms with Crippen molar-refractivity contribution in [1.29, 1.82) is 0 Å². The Bertz CT molecular complexity index is 799. The Labute approximate surface area is 147 Å². The maximum absolute atomic E-state index is 12.6. The molecular weight excluding hydrogens is 316 g/mol. The number of likely N-dealkylation sites (N-methyl/N-ethyl adjacent to an activating group) is 1. The molecule has 3 rings (SSSR count). The molecule has 0 aliphatic rings. The number of carbonyl (C=O) groups excluding carboxylic acids is 1. The highest BCUT2D eigenvalue weighted by Crippen LogP contribution is 2.19. The molecule has 0 saturated heterocycles. The minimum absolute atomic E-state index is 0.0461. The summed E-state index contributed by atoms with van der Waals surface area (Å²) in [5, 5.41) is 0. The van der Waals surface area contributed by atoms with Gasteiger partial charge in [0.05, 0.1) is 24.0 Å². The van der Waals surface area contributed by atoms with E-state index >= 15 is 0 Å². The van der Waals surface area contributed by atoms with E-state index in [1.54, 1.807) is 25.3 Å². The van der Waals surface area contributed by atoms with Gasteiger partial charge in [0, 0.05) is 39.2 Å². The molecule has 0 aromatic carbocycles. The van der Waals surface area contributed by atoms with Crippen LogP contribution in [0, 0.1) is 0 Å². The Morgan fingerprint density at radius 1 is 1.28 bits per heavy atom. The van der Waals surface area contributed by atoms with Crippen LogP contribution in [0.25, 0.3) is 5.65 Å². The minimum Gasteiger partial charge on any atom is -0.382 e. The topological polar surface area (TPSA) is 59.7 Å². The monoisotopic (exact) mass is 338 g/mol. The molecule has 3 heterocycles. The van der Waals surface area contributed by atoms with E-state index in [1.807, 2.05) is 53.2 Å². The Hall–Kier alpha value is -2.73. The largest absolute Gasteiger partial charge is 0.382 e. The molecule has 0 fully saturated rings. The standard InChI is InChI=1S/C19H22N4O2/c1-22(17(14-25-2)16-7-3-5-11-20-16)19(24)10-9-15-13-23-12-6-4-8-18(23)21-15/h3-8,11-13,17H,9-10,14H2,1-2H3. The first kappa shape index (κ1) is 17.1. The van der Waals surface area contributed by atoms with Crippen molar-refractivity contribution in [3.8, 4) is 0 Å². The molecule has 0 radical (unpaired) electrons. The van der Waals surface area contributed by atoms with Gasteiger partial charge in [0.1, 0.15) is 5.65 Å². The number of hydrogen-bond donors (Lipinski definition) is 0. The lowest BCUT2D eigenvalue weighted by molar-refractivity contribution is -0.133. The molecule has 6 heteroatoms.